The number of halogens is 3. The van der Waals surface area contributed by atoms with Gasteiger partial charge in [-0.2, -0.15) is 13.2 Å². The lowest BCUT2D eigenvalue weighted by Gasteiger charge is -2.35. The molecule has 2 aliphatic rings. The molecule has 0 aromatic rings. The van der Waals surface area contributed by atoms with Crippen LogP contribution in [-0.2, 0) is 0 Å². The molecule has 0 bridgehead atoms. The van der Waals surface area contributed by atoms with Crippen LogP contribution in [0.1, 0.15) is 12.8 Å². The Labute approximate surface area is 90.6 Å². The first-order chi connectivity index (χ1) is 7.33. The molecule has 2 rings (SSSR count). The quantitative estimate of drug-likeness (QED) is 0.657. The van der Waals surface area contributed by atoms with E-state index < -0.39 is 23.7 Å². The molecule has 4 nitrogen and oxygen atoms in total. The zero-order chi connectivity index (χ0) is 12.0. The van der Waals surface area contributed by atoms with Crippen LogP contribution in [0.5, 0.6) is 0 Å². The van der Waals surface area contributed by atoms with Crippen molar-refractivity contribution in [3.05, 3.63) is 11.9 Å². The predicted molar refractivity (Wildman–Crippen MR) is 53.1 cm³/mol. The summed E-state index contributed by atoms with van der Waals surface area (Å²) in [5.41, 5.74) is 9.36. The van der Waals surface area contributed by atoms with Gasteiger partial charge in [0.05, 0.1) is 12.3 Å². The minimum absolute atomic E-state index is 0.104. The van der Waals surface area contributed by atoms with E-state index in [1.54, 1.807) is 0 Å². The van der Waals surface area contributed by atoms with Gasteiger partial charge < -0.3 is 16.8 Å². The van der Waals surface area contributed by atoms with E-state index in [1.807, 2.05) is 0 Å². The third-order valence-corrected chi connectivity index (χ3v) is 2.85. The normalized spacial score (nSPS) is 31.9. The molecule has 2 unspecified atom stereocenters. The third kappa shape index (κ3) is 1.99. The molecule has 0 aromatic carbocycles. The molecule has 2 atom stereocenters. The van der Waals surface area contributed by atoms with Gasteiger partial charge in [-0.25, -0.2) is 4.99 Å². The van der Waals surface area contributed by atoms with Crippen LogP contribution in [0.25, 0.3) is 0 Å². The van der Waals surface area contributed by atoms with E-state index in [-0.39, 0.29) is 5.82 Å². The summed E-state index contributed by atoms with van der Waals surface area (Å²) >= 11 is 0. The fraction of sp³-hybridized carbons (Fsp3) is 0.667. The number of rotatable bonds is 2. The van der Waals surface area contributed by atoms with Gasteiger partial charge in [-0.15, -0.1) is 0 Å². The third-order valence-electron chi connectivity index (χ3n) is 2.85. The molecule has 1 fully saturated rings. The van der Waals surface area contributed by atoms with Crippen LogP contribution in [0.15, 0.2) is 16.9 Å². The maximum absolute atomic E-state index is 12.9. The maximum Gasteiger partial charge on any atom is 0.396 e. The lowest BCUT2D eigenvalue weighted by Crippen LogP contribution is -2.54. The average molecular weight is 234 g/mol. The maximum atomic E-state index is 12.9. The first-order valence-corrected chi connectivity index (χ1v) is 4.97. The van der Waals surface area contributed by atoms with Crippen LogP contribution in [0.4, 0.5) is 13.2 Å². The van der Waals surface area contributed by atoms with Gasteiger partial charge in [-0.05, 0) is 24.8 Å². The van der Waals surface area contributed by atoms with Gasteiger partial charge in [0.15, 0.2) is 0 Å². The molecule has 1 aliphatic carbocycles. The fourth-order valence-corrected chi connectivity index (χ4v) is 2.05. The molecule has 1 heterocycles. The van der Waals surface area contributed by atoms with Gasteiger partial charge in [0.25, 0.3) is 0 Å². The van der Waals surface area contributed by atoms with Crippen molar-refractivity contribution in [2.75, 3.05) is 0 Å². The van der Waals surface area contributed by atoms with Gasteiger partial charge in [0.2, 0.25) is 0 Å². The van der Waals surface area contributed by atoms with Gasteiger partial charge in [0.1, 0.15) is 11.5 Å². The van der Waals surface area contributed by atoms with Crippen molar-refractivity contribution in [3.8, 4) is 0 Å². The zero-order valence-corrected chi connectivity index (χ0v) is 8.46. The van der Waals surface area contributed by atoms with Crippen LogP contribution in [-0.4, -0.2) is 18.2 Å². The fourth-order valence-electron chi connectivity index (χ4n) is 2.05. The van der Waals surface area contributed by atoms with Crippen molar-refractivity contribution in [3.63, 3.8) is 0 Å². The van der Waals surface area contributed by atoms with Crippen LogP contribution in [0.3, 0.4) is 0 Å². The molecule has 1 saturated carbocycles. The molecule has 0 radical (unpaired) electrons. The van der Waals surface area contributed by atoms with Gasteiger partial charge in [0, 0.05) is 0 Å². The van der Waals surface area contributed by atoms with Crippen molar-refractivity contribution in [2.24, 2.45) is 28.3 Å². The Bertz CT molecular complexity index is 345. The van der Waals surface area contributed by atoms with E-state index in [0.29, 0.717) is 12.8 Å². The van der Waals surface area contributed by atoms with Crippen molar-refractivity contribution in [2.45, 2.75) is 24.7 Å². The number of nitrogens with two attached hydrogens (primary N) is 2. The van der Waals surface area contributed by atoms with E-state index in [4.69, 9.17) is 11.5 Å². The van der Waals surface area contributed by atoms with Crippen LogP contribution >= 0.6 is 0 Å². The first kappa shape index (κ1) is 11.3. The SMILES string of the molecule is NC1=CC(N)(C(C2CC2)C(F)(F)F)N=CN1. The molecule has 0 saturated heterocycles. The molecule has 0 spiro atoms. The van der Waals surface area contributed by atoms with Crippen molar-refractivity contribution < 1.29 is 13.2 Å². The van der Waals surface area contributed by atoms with E-state index >= 15 is 0 Å². The number of hydrogen-bond donors (Lipinski definition) is 3. The molecular weight excluding hydrogens is 221 g/mol. The Morgan fingerprint density at radius 1 is 1.50 bits per heavy atom. The largest absolute Gasteiger partial charge is 0.396 e. The minimum Gasteiger partial charge on any atom is -0.385 e. The highest BCUT2D eigenvalue weighted by molar-refractivity contribution is 5.60. The first-order valence-electron chi connectivity index (χ1n) is 4.97. The number of nitrogens with one attached hydrogen (secondary N) is 1. The van der Waals surface area contributed by atoms with E-state index in [0.717, 1.165) is 12.4 Å². The van der Waals surface area contributed by atoms with Gasteiger partial charge in [-0.3, -0.25) is 0 Å². The minimum atomic E-state index is -4.36. The highest BCUT2D eigenvalue weighted by Crippen LogP contribution is 2.50. The van der Waals surface area contributed by atoms with Gasteiger partial charge >= 0.3 is 6.18 Å². The summed E-state index contributed by atoms with van der Waals surface area (Å²) < 4.78 is 38.8. The van der Waals surface area contributed by atoms with Crippen LogP contribution in [0, 0.1) is 11.8 Å². The van der Waals surface area contributed by atoms with Crippen molar-refractivity contribution in [1.82, 2.24) is 5.32 Å². The Kier molecular flexibility index (Phi) is 2.37. The number of alkyl halides is 3. The highest BCUT2D eigenvalue weighted by Gasteiger charge is 2.58. The predicted octanol–water partition coefficient (Wildman–Crippen LogP) is 0.661. The molecule has 90 valence electrons. The molecule has 0 aromatic heterocycles. The van der Waals surface area contributed by atoms with E-state index in [2.05, 4.69) is 10.3 Å². The lowest BCUT2D eigenvalue weighted by atomic mass is 9.87. The number of hydrogen-bond acceptors (Lipinski definition) is 4. The second-order valence-electron chi connectivity index (χ2n) is 4.25. The molecule has 7 heteroatoms. The van der Waals surface area contributed by atoms with Crippen LogP contribution in [0.2, 0.25) is 0 Å². The molecule has 0 amide bonds. The van der Waals surface area contributed by atoms with Crippen molar-refractivity contribution >= 4 is 6.34 Å². The summed E-state index contributed by atoms with van der Waals surface area (Å²) in [6.07, 6.45) is -1.01. The Morgan fingerprint density at radius 2 is 2.12 bits per heavy atom. The van der Waals surface area contributed by atoms with Crippen molar-refractivity contribution in [1.29, 1.82) is 0 Å². The molecule has 5 N–H and O–H groups in total. The summed E-state index contributed by atoms with van der Waals surface area (Å²) in [6.45, 7) is 0. The Morgan fingerprint density at radius 3 is 2.56 bits per heavy atom. The van der Waals surface area contributed by atoms with Crippen LogP contribution < -0.4 is 16.8 Å². The topological polar surface area (TPSA) is 76.4 Å². The Balaban J connectivity index is 2.32. The second-order valence-corrected chi connectivity index (χ2v) is 4.25. The lowest BCUT2D eigenvalue weighted by molar-refractivity contribution is -0.193. The number of aliphatic imine (C=N–C) groups is 1. The van der Waals surface area contributed by atoms with Gasteiger partial charge in [-0.1, -0.05) is 0 Å². The average Bonchev–Trinajstić information content (AvgIpc) is 2.84. The summed E-state index contributed by atoms with van der Waals surface area (Å²) in [4.78, 5) is 3.71. The summed E-state index contributed by atoms with van der Waals surface area (Å²) in [5, 5.41) is 2.50. The molecular formula is C9H13F3N4. The van der Waals surface area contributed by atoms with E-state index in [9.17, 15) is 13.2 Å². The molecule has 1 aliphatic heterocycles. The summed E-state index contributed by atoms with van der Waals surface area (Å²) in [7, 11) is 0. The molecule has 16 heavy (non-hydrogen) atoms. The second kappa shape index (κ2) is 3.38. The monoisotopic (exact) mass is 234 g/mol. The summed E-state index contributed by atoms with van der Waals surface area (Å²) in [5.74, 6) is -1.99. The zero-order valence-electron chi connectivity index (χ0n) is 8.46. The standard InChI is InChI=1S/C9H13F3N4/c10-9(11,12)7(5-1-2-5)8(14)3-6(13)15-4-16-8/h3-5,7H,1-2,13-14H2,(H,15,16). The highest BCUT2D eigenvalue weighted by atomic mass is 19.4. The number of nitrogens with zero attached hydrogens (tertiary/aromatic N) is 1. The van der Waals surface area contributed by atoms with E-state index in [1.165, 1.54) is 0 Å². The smallest absolute Gasteiger partial charge is 0.385 e. The summed E-state index contributed by atoms with van der Waals surface area (Å²) in [6, 6.07) is 0. The Hall–Kier alpha value is -1.24.